The van der Waals surface area contributed by atoms with Crippen LogP contribution in [0, 0.1) is 6.92 Å². The molecular formula is C12H12N2O3. The van der Waals surface area contributed by atoms with Crippen LogP contribution in [-0.4, -0.2) is 20.6 Å². The largest absolute Gasteiger partial charge is 0.477 e. The first-order valence-electron chi connectivity index (χ1n) is 7.23. The molecule has 2 heterocycles. The predicted molar refractivity (Wildman–Crippen MR) is 63.4 cm³/mol. The molecule has 5 nitrogen and oxygen atoms in total. The molecule has 2 rings (SSSR count). The fourth-order valence-electron chi connectivity index (χ4n) is 1.54. The third-order valence-electron chi connectivity index (χ3n) is 2.34. The smallest absolute Gasteiger partial charge is 0.341 e. The van der Waals surface area contributed by atoms with Gasteiger partial charge in [-0.1, -0.05) is 0 Å². The van der Waals surface area contributed by atoms with Gasteiger partial charge in [0.05, 0.1) is 5.39 Å². The molecular weight excluding hydrogens is 220 g/mol. The lowest BCUT2D eigenvalue weighted by molar-refractivity contribution is 0.0695. The lowest BCUT2D eigenvalue weighted by Gasteiger charge is -2.09. The average Bonchev–Trinajstić information content (AvgIpc) is 2.36. The maximum absolute atomic E-state index is 12.1. The molecule has 0 unspecified atom stereocenters. The van der Waals surface area contributed by atoms with Crippen LogP contribution < -0.4 is 5.43 Å². The van der Waals surface area contributed by atoms with Crippen molar-refractivity contribution >= 4 is 17.0 Å². The van der Waals surface area contributed by atoms with Crippen LogP contribution in [0.25, 0.3) is 11.0 Å². The van der Waals surface area contributed by atoms with Gasteiger partial charge >= 0.3 is 5.97 Å². The first-order chi connectivity index (χ1) is 9.96. The minimum absolute atomic E-state index is 0.154. The predicted octanol–water partition coefficient (Wildman–Crippen LogP) is 1.42. The summed E-state index contributed by atoms with van der Waals surface area (Å²) in [5, 5.41) is 8.92. The summed E-state index contributed by atoms with van der Waals surface area (Å²) in [6, 6.07) is 2.77. The molecule has 0 aliphatic heterocycles. The summed E-state index contributed by atoms with van der Waals surface area (Å²) in [4.78, 5) is 27.3. The number of carbonyl (C=O) groups is 1. The highest BCUT2D eigenvalue weighted by molar-refractivity contribution is 5.91. The van der Waals surface area contributed by atoms with Gasteiger partial charge < -0.3 is 9.67 Å². The van der Waals surface area contributed by atoms with Crippen LogP contribution in [0.5, 0.6) is 0 Å². The van der Waals surface area contributed by atoms with Crippen molar-refractivity contribution in [2.45, 2.75) is 20.3 Å². The second-order valence-electron chi connectivity index (χ2n) is 3.48. The lowest BCUT2D eigenvalue weighted by Crippen LogP contribution is -2.19. The highest BCUT2D eigenvalue weighted by Crippen LogP contribution is 2.10. The Hall–Kier alpha value is -2.17. The molecule has 0 radical (unpaired) electrons. The molecule has 2 aromatic rings. The van der Waals surface area contributed by atoms with Crippen LogP contribution in [0.1, 0.15) is 29.8 Å². The molecule has 2 aromatic heterocycles. The van der Waals surface area contributed by atoms with Crippen molar-refractivity contribution < 1.29 is 16.8 Å². The minimum atomic E-state index is -3.07. The summed E-state index contributed by atoms with van der Waals surface area (Å²) in [6.45, 7) is -4.41. The van der Waals surface area contributed by atoms with E-state index in [0.717, 1.165) is 0 Å². The highest BCUT2D eigenvalue weighted by atomic mass is 16.4. The molecule has 0 aliphatic rings. The molecule has 0 bridgehead atoms. The Morgan fingerprint density at radius 2 is 2.41 bits per heavy atom. The maximum Gasteiger partial charge on any atom is 0.341 e. The Morgan fingerprint density at radius 3 is 3.06 bits per heavy atom. The monoisotopic (exact) mass is 237 g/mol. The van der Waals surface area contributed by atoms with Gasteiger partial charge in [0.15, 0.2) is 0 Å². The van der Waals surface area contributed by atoms with E-state index in [0.29, 0.717) is 16.5 Å². The second kappa shape index (κ2) is 4.01. The van der Waals surface area contributed by atoms with E-state index in [2.05, 4.69) is 4.98 Å². The van der Waals surface area contributed by atoms with Crippen LogP contribution in [0.15, 0.2) is 23.1 Å². The molecule has 0 amide bonds. The third kappa shape index (κ3) is 1.80. The number of carboxylic acids is 1. The molecule has 0 atom stereocenters. The number of pyridine rings is 2. The molecule has 0 saturated carbocycles. The Labute approximate surface area is 104 Å². The van der Waals surface area contributed by atoms with Gasteiger partial charge in [-0.2, -0.15) is 0 Å². The Balaban J connectivity index is 3.00. The summed E-state index contributed by atoms with van der Waals surface area (Å²) in [5.41, 5.74) is -1.33. The number of hydrogen-bond donors (Lipinski definition) is 1. The van der Waals surface area contributed by atoms with Crippen molar-refractivity contribution in [3.05, 3.63) is 39.8 Å². The fourth-order valence-corrected chi connectivity index (χ4v) is 1.54. The van der Waals surface area contributed by atoms with Crippen molar-refractivity contribution in [1.82, 2.24) is 9.55 Å². The van der Waals surface area contributed by atoms with Crippen molar-refractivity contribution in [3.8, 4) is 0 Å². The van der Waals surface area contributed by atoms with E-state index in [9.17, 15) is 9.59 Å². The Bertz CT molecular complexity index is 826. The molecule has 5 heteroatoms. The van der Waals surface area contributed by atoms with E-state index in [-0.39, 0.29) is 11.0 Å². The van der Waals surface area contributed by atoms with Crippen molar-refractivity contribution in [2.24, 2.45) is 0 Å². The van der Waals surface area contributed by atoms with Gasteiger partial charge in [0.25, 0.3) is 0 Å². The van der Waals surface area contributed by atoms with E-state index in [1.54, 1.807) is 6.92 Å². The van der Waals surface area contributed by atoms with E-state index in [1.807, 2.05) is 0 Å². The summed E-state index contributed by atoms with van der Waals surface area (Å²) < 4.78 is 38.2. The highest BCUT2D eigenvalue weighted by Gasteiger charge is 2.14. The number of aromatic nitrogens is 2. The SMILES string of the molecule is [2H]C([2H])([2H])C([2H])([2H])n1cc(C(=O)O)c(=O)c2ccc(C)nc21. The van der Waals surface area contributed by atoms with Crippen molar-refractivity contribution in [2.75, 3.05) is 0 Å². The van der Waals surface area contributed by atoms with Crippen LogP contribution in [0.3, 0.4) is 0 Å². The molecule has 1 N–H and O–H groups in total. The lowest BCUT2D eigenvalue weighted by atomic mass is 10.2. The first-order valence-corrected chi connectivity index (χ1v) is 4.73. The van der Waals surface area contributed by atoms with Crippen molar-refractivity contribution in [3.63, 3.8) is 0 Å². The topological polar surface area (TPSA) is 72.2 Å². The number of rotatable bonds is 2. The quantitative estimate of drug-likeness (QED) is 0.857. The number of carboxylic acid groups (broad SMARTS) is 1. The second-order valence-corrected chi connectivity index (χ2v) is 3.48. The zero-order chi connectivity index (χ0) is 16.9. The van der Waals surface area contributed by atoms with Gasteiger partial charge in [0.1, 0.15) is 11.2 Å². The molecule has 0 saturated heterocycles. The average molecular weight is 237 g/mol. The normalized spacial score (nSPS) is 16.6. The van der Waals surface area contributed by atoms with Gasteiger partial charge in [-0.15, -0.1) is 0 Å². The zero-order valence-electron chi connectivity index (χ0n) is 13.9. The number of fused-ring (bicyclic) bond motifs is 1. The number of aryl methyl sites for hydroxylation is 2. The third-order valence-corrected chi connectivity index (χ3v) is 2.34. The van der Waals surface area contributed by atoms with Crippen LogP contribution in [-0.2, 0) is 6.50 Å². The molecule has 88 valence electrons. The molecule has 0 fully saturated rings. The number of hydrogen-bond acceptors (Lipinski definition) is 3. The minimum Gasteiger partial charge on any atom is -0.477 e. The van der Waals surface area contributed by atoms with E-state index < -0.39 is 30.3 Å². The Morgan fingerprint density at radius 1 is 1.65 bits per heavy atom. The van der Waals surface area contributed by atoms with Crippen molar-refractivity contribution in [1.29, 1.82) is 0 Å². The Kier molecular flexibility index (Phi) is 1.54. The summed E-state index contributed by atoms with van der Waals surface area (Å²) in [6.07, 6.45) is 0.686. The summed E-state index contributed by atoms with van der Waals surface area (Å²) in [5.74, 6) is -1.57. The molecule has 0 aromatic carbocycles. The zero-order valence-corrected chi connectivity index (χ0v) is 8.89. The summed E-state index contributed by atoms with van der Waals surface area (Å²) >= 11 is 0. The molecule has 17 heavy (non-hydrogen) atoms. The van der Waals surface area contributed by atoms with E-state index >= 15 is 0 Å². The first kappa shape index (κ1) is 6.54. The summed E-state index contributed by atoms with van der Waals surface area (Å²) in [7, 11) is 0. The number of nitrogens with zero attached hydrogens (tertiary/aromatic N) is 2. The molecule has 0 aliphatic carbocycles. The maximum atomic E-state index is 12.1. The van der Waals surface area contributed by atoms with Gasteiger partial charge in [-0.25, -0.2) is 9.78 Å². The van der Waals surface area contributed by atoms with E-state index in [4.69, 9.17) is 12.0 Å². The number of aromatic carboxylic acids is 1. The van der Waals surface area contributed by atoms with Crippen LogP contribution >= 0.6 is 0 Å². The van der Waals surface area contributed by atoms with Gasteiger partial charge in [0, 0.05) is 25.2 Å². The van der Waals surface area contributed by atoms with Crippen LogP contribution in [0.2, 0.25) is 0 Å². The van der Waals surface area contributed by atoms with Gasteiger partial charge in [-0.3, -0.25) is 4.79 Å². The van der Waals surface area contributed by atoms with E-state index in [1.165, 1.54) is 12.1 Å². The standard InChI is InChI=1S/C12H12N2O3/c1-3-14-6-9(12(16)17)10(15)8-5-4-7(2)13-11(8)14/h4-6H,3H2,1-2H3,(H,16,17)/i1D3,3D2. The van der Waals surface area contributed by atoms with Gasteiger partial charge in [0.2, 0.25) is 5.43 Å². The van der Waals surface area contributed by atoms with Gasteiger partial charge in [-0.05, 0) is 25.9 Å². The van der Waals surface area contributed by atoms with Crippen LogP contribution in [0.4, 0.5) is 0 Å². The molecule has 0 spiro atoms. The fraction of sp³-hybridized carbons (Fsp3) is 0.250.